The zero-order valence-electron chi connectivity index (χ0n) is 26.6. The first-order chi connectivity index (χ1) is 17.4. The van der Waals surface area contributed by atoms with Crippen LogP contribution in [-0.4, -0.2) is 112 Å². The fraction of sp³-hybridized carbons (Fsp3) is 0.708. The van der Waals surface area contributed by atoms with Gasteiger partial charge in [0.2, 0.25) is 0 Å². The SMILES string of the molecule is Bc1c2c(c(B)c(OC)c1OC)C1(B)N(CC2)C(B)(B)C(B)(CC(C)C)C(OC(=O)[C@@H](N)C(C)C)C1(B)B. The second-order valence-electron chi connectivity index (χ2n) is 14.0. The molecule has 14 heteroatoms. The van der Waals surface area contributed by atoms with Crippen LogP contribution in [0.5, 0.6) is 11.5 Å². The molecule has 2 N–H and O–H groups in total. The van der Waals surface area contributed by atoms with Gasteiger partial charge in [-0.15, -0.1) is 0 Å². The van der Waals surface area contributed by atoms with Gasteiger partial charge in [0.05, 0.1) is 20.3 Å². The molecular formula is C24H46B8N2O4. The number of nitrogens with two attached hydrogens (primary N) is 1. The third-order valence-electron chi connectivity index (χ3n) is 10.7. The zero-order valence-corrected chi connectivity index (χ0v) is 26.6. The van der Waals surface area contributed by atoms with Gasteiger partial charge in [-0.05, 0) is 62.6 Å². The van der Waals surface area contributed by atoms with Crippen LogP contribution in [0.3, 0.4) is 0 Å². The topological polar surface area (TPSA) is 74.0 Å². The van der Waals surface area contributed by atoms with E-state index >= 15 is 0 Å². The van der Waals surface area contributed by atoms with Gasteiger partial charge in [0, 0.05) is 12.0 Å². The Morgan fingerprint density at radius 3 is 2.00 bits per heavy atom. The number of rotatable bonds is 7. The number of methoxy groups -OCH3 is 2. The molecule has 200 valence electrons. The molecule has 0 bridgehead atoms. The molecule has 4 atom stereocenters. The molecule has 38 heavy (non-hydrogen) atoms. The number of hydrogen-bond donors (Lipinski definition) is 1. The molecule has 1 fully saturated rings. The average molecular weight is 513 g/mol. The van der Waals surface area contributed by atoms with E-state index in [1.807, 2.05) is 13.8 Å². The van der Waals surface area contributed by atoms with Crippen LogP contribution < -0.4 is 26.1 Å². The summed E-state index contributed by atoms with van der Waals surface area (Å²) in [5.41, 5.74) is 10.7. The van der Waals surface area contributed by atoms with Crippen molar-refractivity contribution >= 4 is 79.7 Å². The lowest BCUT2D eigenvalue weighted by Crippen LogP contribution is -2.80. The maximum absolute atomic E-state index is 13.5. The summed E-state index contributed by atoms with van der Waals surface area (Å²) >= 11 is 0. The largest absolute Gasteiger partial charge is 0.493 e. The van der Waals surface area contributed by atoms with Gasteiger partial charge < -0.3 is 24.8 Å². The van der Waals surface area contributed by atoms with Gasteiger partial charge in [-0.25, -0.2) is 0 Å². The predicted molar refractivity (Wildman–Crippen MR) is 180 cm³/mol. The fourth-order valence-electron chi connectivity index (χ4n) is 8.19. The molecular weight excluding hydrogens is 467 g/mol. The standard InChI is InChI=1S/C24H46B8N2O4/c1-10(2)9-21(27)20(38-19(35)16(33)11(3)4)22(28,29)23(30)13-12(7-8-34(23)24(21,31)32)14(25)17(36-5)18(37-6)15(13)26/h10-11,16,20H,7-9,25-33H2,1-6H3/t16-,20?,21?,23?/m0/s1. The first kappa shape index (κ1) is 31.3. The number of piperidine rings is 1. The predicted octanol–water partition coefficient (Wildman–Crippen LogP) is -6.09. The number of ether oxygens (including phenoxy) is 3. The summed E-state index contributed by atoms with van der Waals surface area (Å²) in [6, 6.07) is -0.657. The lowest BCUT2D eigenvalue weighted by Gasteiger charge is -2.74. The van der Waals surface area contributed by atoms with E-state index < -0.39 is 16.7 Å². The second kappa shape index (κ2) is 10.3. The van der Waals surface area contributed by atoms with Gasteiger partial charge in [0.1, 0.15) is 68.8 Å². The van der Waals surface area contributed by atoms with E-state index in [-0.39, 0.29) is 28.6 Å². The van der Waals surface area contributed by atoms with Crippen molar-refractivity contribution < 1.29 is 19.0 Å². The summed E-state index contributed by atoms with van der Waals surface area (Å²) in [7, 11) is 21.7. The normalized spacial score (nSPS) is 28.8. The minimum atomic E-state index is -0.657. The maximum Gasteiger partial charge on any atom is 0.323 e. The van der Waals surface area contributed by atoms with Crippen molar-refractivity contribution in [3.05, 3.63) is 11.1 Å². The lowest BCUT2D eigenvalue weighted by molar-refractivity contribution is -0.165. The second-order valence-corrected chi connectivity index (χ2v) is 14.0. The van der Waals surface area contributed by atoms with Gasteiger partial charge in [-0.1, -0.05) is 27.7 Å². The third-order valence-corrected chi connectivity index (χ3v) is 10.7. The molecule has 0 spiro atoms. The van der Waals surface area contributed by atoms with Crippen molar-refractivity contribution in [2.75, 3.05) is 20.8 Å². The molecule has 0 aliphatic carbocycles. The first-order valence-electron chi connectivity index (χ1n) is 14.3. The Bertz CT molecular complexity index is 1100. The van der Waals surface area contributed by atoms with Gasteiger partial charge in [0.15, 0.2) is 11.5 Å². The maximum atomic E-state index is 13.5. The highest BCUT2D eigenvalue weighted by Gasteiger charge is 2.69. The van der Waals surface area contributed by atoms with Crippen LogP contribution in [0.15, 0.2) is 0 Å². The quantitative estimate of drug-likeness (QED) is 0.290. The van der Waals surface area contributed by atoms with E-state index in [2.05, 4.69) is 81.5 Å². The molecule has 0 amide bonds. The molecule has 3 unspecified atom stereocenters. The molecule has 2 aliphatic heterocycles. The number of benzene rings is 1. The van der Waals surface area contributed by atoms with Crippen molar-refractivity contribution in [2.45, 2.75) is 74.0 Å². The Morgan fingerprint density at radius 1 is 1.00 bits per heavy atom. The van der Waals surface area contributed by atoms with E-state index in [0.29, 0.717) is 5.92 Å². The van der Waals surface area contributed by atoms with E-state index in [1.165, 1.54) is 11.1 Å². The molecule has 0 aromatic heterocycles. The van der Waals surface area contributed by atoms with Gasteiger partial charge in [-0.2, -0.15) is 0 Å². The molecule has 1 saturated heterocycles. The van der Waals surface area contributed by atoms with Crippen LogP contribution in [0.4, 0.5) is 0 Å². The highest BCUT2D eigenvalue weighted by Crippen LogP contribution is 2.66. The van der Waals surface area contributed by atoms with E-state index in [4.69, 9.17) is 19.9 Å². The molecule has 2 aliphatic rings. The summed E-state index contributed by atoms with van der Waals surface area (Å²) in [6.45, 7) is 9.38. The number of carbonyl (C=O) groups excluding carboxylic acids is 1. The highest BCUT2D eigenvalue weighted by atomic mass is 16.5. The minimum Gasteiger partial charge on any atom is -0.493 e. The molecule has 1 aromatic rings. The van der Waals surface area contributed by atoms with Crippen LogP contribution in [-0.2, 0) is 21.4 Å². The van der Waals surface area contributed by atoms with Crippen molar-refractivity contribution in [1.29, 1.82) is 0 Å². The molecule has 0 radical (unpaired) electrons. The van der Waals surface area contributed by atoms with Crippen LogP contribution in [0.1, 0.15) is 45.2 Å². The number of hydrogen-bond acceptors (Lipinski definition) is 6. The number of carbonyl (C=O) groups is 1. The summed E-state index contributed by atoms with van der Waals surface area (Å²) < 4.78 is 18.4. The van der Waals surface area contributed by atoms with Crippen LogP contribution in [0, 0.1) is 11.8 Å². The van der Waals surface area contributed by atoms with Crippen LogP contribution >= 0.6 is 0 Å². The van der Waals surface area contributed by atoms with E-state index in [1.54, 1.807) is 14.2 Å². The molecule has 2 heterocycles. The van der Waals surface area contributed by atoms with Crippen LogP contribution in [0.25, 0.3) is 0 Å². The highest BCUT2D eigenvalue weighted by molar-refractivity contribution is 6.52. The van der Waals surface area contributed by atoms with E-state index in [0.717, 1.165) is 41.8 Å². The number of fused-ring (bicyclic) bond motifs is 3. The van der Waals surface area contributed by atoms with Crippen molar-refractivity contribution in [3.63, 3.8) is 0 Å². The van der Waals surface area contributed by atoms with Gasteiger partial charge in [0.25, 0.3) is 0 Å². The average Bonchev–Trinajstić information content (AvgIpc) is 2.81. The number of esters is 1. The summed E-state index contributed by atoms with van der Waals surface area (Å²) in [5.74, 6) is 1.72. The first-order valence-corrected chi connectivity index (χ1v) is 14.3. The molecule has 6 nitrogen and oxygen atoms in total. The summed E-state index contributed by atoms with van der Waals surface area (Å²) in [4.78, 5) is 16.2. The fourth-order valence-corrected chi connectivity index (χ4v) is 8.19. The lowest BCUT2D eigenvalue weighted by atomic mass is 9.22. The smallest absolute Gasteiger partial charge is 0.323 e. The van der Waals surface area contributed by atoms with E-state index in [9.17, 15) is 4.79 Å². The monoisotopic (exact) mass is 514 g/mol. The molecule has 1 aromatic carbocycles. The van der Waals surface area contributed by atoms with Gasteiger partial charge in [-0.3, -0.25) is 4.79 Å². The Labute approximate surface area is 238 Å². The number of nitrogens with zero attached hydrogens (tertiary/aromatic N) is 1. The van der Waals surface area contributed by atoms with Gasteiger partial charge >= 0.3 is 5.97 Å². The molecule has 3 rings (SSSR count). The van der Waals surface area contributed by atoms with Crippen molar-refractivity contribution in [1.82, 2.24) is 4.90 Å². The minimum absolute atomic E-state index is 0.00248. The Kier molecular flexibility index (Phi) is 8.46. The zero-order chi connectivity index (χ0) is 29.2. The van der Waals surface area contributed by atoms with Crippen molar-refractivity contribution in [2.24, 2.45) is 17.6 Å². The summed E-state index contributed by atoms with van der Waals surface area (Å²) in [6.07, 6.45) is 1.50. The van der Waals surface area contributed by atoms with Crippen molar-refractivity contribution in [3.8, 4) is 11.5 Å². The van der Waals surface area contributed by atoms with Crippen LogP contribution in [0.2, 0.25) is 10.5 Å². The molecule has 0 saturated carbocycles. The third kappa shape index (κ3) is 4.22. The Hall–Kier alpha value is -1.27. The Morgan fingerprint density at radius 2 is 1.53 bits per heavy atom. The summed E-state index contributed by atoms with van der Waals surface area (Å²) in [5, 5.41) is -1.04. The Balaban J connectivity index is 2.39.